The topological polar surface area (TPSA) is 180 Å². The van der Waals surface area contributed by atoms with Crippen molar-refractivity contribution >= 4 is 52.1 Å². The fourth-order valence-corrected chi connectivity index (χ4v) is 6.34. The van der Waals surface area contributed by atoms with Crippen molar-refractivity contribution < 1.29 is 33.8 Å². The van der Waals surface area contributed by atoms with E-state index in [1.54, 1.807) is 42.5 Å². The van der Waals surface area contributed by atoms with Gasteiger partial charge in [0.25, 0.3) is 11.8 Å². The third-order valence-corrected chi connectivity index (χ3v) is 8.40. The average molecular weight is 664 g/mol. The summed E-state index contributed by atoms with van der Waals surface area (Å²) in [6, 6.07) is 18.4. The molecule has 1 aliphatic rings. The summed E-state index contributed by atoms with van der Waals surface area (Å²) in [4.78, 5) is 66.3. The van der Waals surface area contributed by atoms with Crippen LogP contribution >= 0.6 is 11.8 Å². The van der Waals surface area contributed by atoms with Gasteiger partial charge in [-0.15, -0.1) is 11.8 Å². The molecular formula is C34H41N5O7S. The second kappa shape index (κ2) is 15.8. The number of carbonyl (C=O) groups is 5. The number of nitrogens with two attached hydrogens (primary N) is 1. The van der Waals surface area contributed by atoms with Crippen LogP contribution < -0.4 is 26.4 Å². The maximum absolute atomic E-state index is 13.6. The van der Waals surface area contributed by atoms with Crippen LogP contribution in [0.2, 0.25) is 0 Å². The molecule has 1 aliphatic heterocycles. The van der Waals surface area contributed by atoms with Crippen molar-refractivity contribution in [1.82, 2.24) is 20.9 Å². The van der Waals surface area contributed by atoms with Gasteiger partial charge < -0.3 is 36.4 Å². The molecule has 0 unspecified atom stereocenters. The van der Waals surface area contributed by atoms with Gasteiger partial charge in [-0.1, -0.05) is 66.7 Å². The molecule has 3 aromatic rings. The van der Waals surface area contributed by atoms with E-state index in [9.17, 15) is 29.1 Å². The van der Waals surface area contributed by atoms with E-state index in [0.29, 0.717) is 17.1 Å². The first-order chi connectivity index (χ1) is 22.3. The smallest absolute Gasteiger partial charge is 0.258 e. The lowest BCUT2D eigenvalue weighted by Crippen LogP contribution is -2.59. The van der Waals surface area contributed by atoms with Crippen LogP contribution in [0.15, 0.2) is 72.8 Å². The lowest BCUT2D eigenvalue weighted by atomic mass is 9.99. The Morgan fingerprint density at radius 3 is 2.36 bits per heavy atom. The molecule has 0 saturated carbocycles. The minimum Gasteiger partial charge on any atom is -0.483 e. The molecule has 4 rings (SSSR count). The van der Waals surface area contributed by atoms with Crippen molar-refractivity contribution in [3.63, 3.8) is 0 Å². The van der Waals surface area contributed by atoms with Crippen LogP contribution in [0.5, 0.6) is 5.75 Å². The third-order valence-electron chi connectivity index (χ3n) is 7.39. The Balaban J connectivity index is 1.48. The first kappa shape index (κ1) is 35.2. The van der Waals surface area contributed by atoms with E-state index in [1.165, 1.54) is 16.7 Å². The normalized spacial score (nSPS) is 16.5. The number of ether oxygens (including phenoxy) is 1. The highest BCUT2D eigenvalue weighted by Gasteiger charge is 2.41. The zero-order valence-electron chi connectivity index (χ0n) is 26.6. The summed E-state index contributed by atoms with van der Waals surface area (Å²) in [6.45, 7) is 5.04. The first-order valence-corrected chi connectivity index (χ1v) is 16.4. The van der Waals surface area contributed by atoms with Gasteiger partial charge in [0.05, 0.1) is 18.3 Å². The number of hydrogen-bond acceptors (Lipinski definition) is 8. The number of hydrogen-bond donors (Lipinski definition) is 5. The maximum atomic E-state index is 13.6. The van der Waals surface area contributed by atoms with E-state index in [0.717, 1.165) is 10.8 Å². The summed E-state index contributed by atoms with van der Waals surface area (Å²) in [5.74, 6) is -2.44. The SMILES string of the molecule is CC(C)(C)NC(=O)[C@H]1CSCN1C(=O)[C@@H](O)[C@H](Cc1ccccc1)NC(=O)[C@H](CC(N)=O)NC(=O)COc1cccc2ccccc12. The van der Waals surface area contributed by atoms with Gasteiger partial charge in [0.2, 0.25) is 17.7 Å². The number of aliphatic hydroxyl groups excluding tert-OH is 1. The zero-order valence-corrected chi connectivity index (χ0v) is 27.4. The molecule has 1 saturated heterocycles. The van der Waals surface area contributed by atoms with E-state index >= 15 is 0 Å². The van der Waals surface area contributed by atoms with Crippen LogP contribution in [-0.2, 0) is 30.4 Å². The Kier molecular flexibility index (Phi) is 11.8. The van der Waals surface area contributed by atoms with Crippen LogP contribution in [0.1, 0.15) is 32.8 Å². The molecule has 3 aromatic carbocycles. The molecule has 0 radical (unpaired) electrons. The number of amides is 5. The highest BCUT2D eigenvalue weighted by Crippen LogP contribution is 2.25. The predicted molar refractivity (Wildman–Crippen MR) is 179 cm³/mol. The Morgan fingerprint density at radius 1 is 0.979 bits per heavy atom. The summed E-state index contributed by atoms with van der Waals surface area (Å²) < 4.78 is 5.73. The predicted octanol–water partition coefficient (Wildman–Crippen LogP) is 1.48. The number of thioether (sulfide) groups is 1. The molecule has 0 aliphatic carbocycles. The summed E-state index contributed by atoms with van der Waals surface area (Å²) in [5.41, 5.74) is 5.60. The number of aliphatic hydroxyl groups is 1. The highest BCUT2D eigenvalue weighted by molar-refractivity contribution is 7.99. The second-order valence-corrected chi connectivity index (χ2v) is 13.4. The summed E-state index contributed by atoms with van der Waals surface area (Å²) in [6.07, 6.45) is -2.24. The fourth-order valence-electron chi connectivity index (χ4n) is 5.18. The largest absolute Gasteiger partial charge is 0.483 e. The minimum absolute atomic E-state index is 0.0424. The molecule has 12 nitrogen and oxygen atoms in total. The highest BCUT2D eigenvalue weighted by atomic mass is 32.2. The number of benzene rings is 3. The fraction of sp³-hybridized carbons (Fsp3) is 0.382. The molecule has 1 heterocycles. The van der Waals surface area contributed by atoms with Gasteiger partial charge >= 0.3 is 0 Å². The molecule has 47 heavy (non-hydrogen) atoms. The zero-order chi connectivity index (χ0) is 34.1. The van der Waals surface area contributed by atoms with Gasteiger partial charge in [-0.05, 0) is 44.2 Å². The molecule has 0 aromatic heterocycles. The van der Waals surface area contributed by atoms with Crippen LogP contribution in [0.25, 0.3) is 10.8 Å². The number of fused-ring (bicyclic) bond motifs is 1. The van der Waals surface area contributed by atoms with E-state index < -0.39 is 66.4 Å². The van der Waals surface area contributed by atoms with Crippen LogP contribution in [0.4, 0.5) is 0 Å². The monoisotopic (exact) mass is 663 g/mol. The van der Waals surface area contributed by atoms with E-state index in [-0.39, 0.29) is 18.2 Å². The van der Waals surface area contributed by atoms with E-state index in [1.807, 2.05) is 51.1 Å². The number of primary amides is 1. The average Bonchev–Trinajstić information content (AvgIpc) is 3.52. The van der Waals surface area contributed by atoms with Crippen molar-refractivity contribution in [1.29, 1.82) is 0 Å². The molecular weight excluding hydrogens is 622 g/mol. The summed E-state index contributed by atoms with van der Waals surface area (Å²) in [7, 11) is 0. The Bertz CT molecular complexity index is 1590. The summed E-state index contributed by atoms with van der Waals surface area (Å²) >= 11 is 1.38. The first-order valence-electron chi connectivity index (χ1n) is 15.2. The molecule has 13 heteroatoms. The maximum Gasteiger partial charge on any atom is 0.258 e. The van der Waals surface area contributed by atoms with E-state index in [2.05, 4.69) is 16.0 Å². The minimum atomic E-state index is -1.75. The van der Waals surface area contributed by atoms with Crippen molar-refractivity contribution in [2.24, 2.45) is 5.73 Å². The third kappa shape index (κ3) is 9.93. The van der Waals surface area contributed by atoms with Crippen molar-refractivity contribution in [2.75, 3.05) is 18.2 Å². The lowest BCUT2D eigenvalue weighted by Gasteiger charge is -2.32. The molecule has 0 bridgehead atoms. The van der Waals surface area contributed by atoms with Gasteiger partial charge in [0.15, 0.2) is 12.7 Å². The standard InChI is InChI=1S/C34H41N5O7S/c1-34(2,3)38-32(44)26-19-47-20-39(26)33(45)30(42)24(16-21-10-5-4-6-11-21)37-31(43)25(17-28(35)40)36-29(41)18-46-27-15-9-13-22-12-7-8-14-23(22)27/h4-15,24-26,30,42H,16-20H2,1-3H3,(H2,35,40)(H,36,41)(H,37,43)(H,38,44)/t24-,25-,26+,30-/m0/s1. The van der Waals surface area contributed by atoms with Gasteiger partial charge in [-0.2, -0.15) is 0 Å². The van der Waals surface area contributed by atoms with Gasteiger partial charge in [-0.3, -0.25) is 24.0 Å². The van der Waals surface area contributed by atoms with Gasteiger partial charge in [0, 0.05) is 16.7 Å². The van der Waals surface area contributed by atoms with E-state index in [4.69, 9.17) is 10.5 Å². The summed E-state index contributed by atoms with van der Waals surface area (Å²) in [5, 5.41) is 21.1. The molecule has 5 amide bonds. The lowest BCUT2D eigenvalue weighted by molar-refractivity contribution is -0.147. The van der Waals surface area contributed by atoms with Crippen molar-refractivity contribution in [3.8, 4) is 5.75 Å². The van der Waals surface area contributed by atoms with Gasteiger partial charge in [-0.25, -0.2) is 0 Å². The van der Waals surface area contributed by atoms with Crippen molar-refractivity contribution in [2.45, 2.75) is 63.4 Å². The molecule has 6 N–H and O–H groups in total. The second-order valence-electron chi connectivity index (χ2n) is 12.4. The number of nitrogens with zero attached hydrogens (tertiary/aromatic N) is 1. The van der Waals surface area contributed by atoms with Gasteiger partial charge in [0.1, 0.15) is 17.8 Å². The number of rotatable bonds is 13. The Morgan fingerprint density at radius 2 is 1.66 bits per heavy atom. The molecule has 1 fully saturated rings. The molecule has 4 atom stereocenters. The Labute approximate surface area is 277 Å². The number of nitrogens with one attached hydrogen (secondary N) is 3. The number of carbonyl (C=O) groups excluding carboxylic acids is 5. The van der Waals surface area contributed by atoms with Crippen LogP contribution in [0, 0.1) is 0 Å². The molecule has 250 valence electrons. The van der Waals surface area contributed by atoms with Crippen LogP contribution in [-0.4, -0.2) is 87.5 Å². The Hall–Kier alpha value is -4.62. The van der Waals surface area contributed by atoms with Crippen LogP contribution in [0.3, 0.4) is 0 Å². The van der Waals surface area contributed by atoms with Crippen molar-refractivity contribution in [3.05, 3.63) is 78.4 Å². The molecule has 0 spiro atoms. The quantitative estimate of drug-likeness (QED) is 0.182.